The molecule has 0 unspecified atom stereocenters. The van der Waals surface area contributed by atoms with Crippen molar-refractivity contribution in [2.24, 2.45) is 0 Å². The molecule has 2 aromatic rings. The lowest BCUT2D eigenvalue weighted by Crippen LogP contribution is -2.28. The Labute approximate surface area is 148 Å². The van der Waals surface area contributed by atoms with Crippen LogP contribution in [0.15, 0.2) is 36.4 Å². The molecule has 0 aliphatic carbocycles. The smallest absolute Gasteiger partial charge is 0.438 e. The summed E-state index contributed by atoms with van der Waals surface area (Å²) in [7, 11) is 1.05. The average molecular weight is 369 g/mol. The molecule has 2 rings (SSSR count). The molecule has 0 aromatic heterocycles. The number of amides is 1. The molecule has 0 spiro atoms. The van der Waals surface area contributed by atoms with Crippen LogP contribution in [0.25, 0.3) is 0 Å². The Balaban J connectivity index is 2.32. The number of hydrogen-bond donors (Lipinski definition) is 1. The number of alkyl halides is 2. The van der Waals surface area contributed by atoms with E-state index < -0.39 is 24.9 Å². The molecule has 0 heterocycles. The highest BCUT2D eigenvalue weighted by molar-refractivity contribution is 5.85. The van der Waals surface area contributed by atoms with Crippen LogP contribution in [0.3, 0.4) is 0 Å². The highest BCUT2D eigenvalue weighted by Gasteiger charge is 2.21. The maximum absolute atomic E-state index is 14.1. The van der Waals surface area contributed by atoms with Crippen LogP contribution < -0.4 is 9.80 Å². The maximum atomic E-state index is 14.1. The SMILES string of the molecule is CCc1ccc(OCc2c(F)cccc2N(O)C(=O)OC)c(C(F)F)c1. The Bertz CT molecular complexity index is 783. The van der Waals surface area contributed by atoms with Crippen molar-refractivity contribution in [1.82, 2.24) is 0 Å². The second-order valence-electron chi connectivity index (χ2n) is 5.33. The number of carbonyl (C=O) groups is 1. The molecular weight excluding hydrogens is 351 g/mol. The van der Waals surface area contributed by atoms with Crippen LogP contribution in [-0.4, -0.2) is 18.4 Å². The van der Waals surface area contributed by atoms with Crippen molar-refractivity contribution >= 4 is 11.8 Å². The number of hydroxylamine groups is 1. The molecule has 0 radical (unpaired) electrons. The van der Waals surface area contributed by atoms with Gasteiger partial charge in [0.2, 0.25) is 0 Å². The van der Waals surface area contributed by atoms with E-state index in [1.54, 1.807) is 6.07 Å². The molecule has 0 aliphatic heterocycles. The first-order valence-corrected chi connectivity index (χ1v) is 7.77. The average Bonchev–Trinajstić information content (AvgIpc) is 2.65. The van der Waals surface area contributed by atoms with Gasteiger partial charge in [-0.05, 0) is 36.2 Å². The first kappa shape index (κ1) is 19.6. The standard InChI is InChI=1S/C18H18F3NO4/c1-3-11-7-8-16(12(9-11)17(20)21)26-10-13-14(19)5-4-6-15(13)22(24)18(23)25-2/h4-9,17,24H,3,10H2,1-2H3. The van der Waals surface area contributed by atoms with Crippen LogP contribution in [0.1, 0.15) is 30.0 Å². The van der Waals surface area contributed by atoms with Crippen molar-refractivity contribution in [2.75, 3.05) is 12.2 Å². The number of halogens is 3. The summed E-state index contributed by atoms with van der Waals surface area (Å²) >= 11 is 0. The van der Waals surface area contributed by atoms with Crippen LogP contribution in [0.2, 0.25) is 0 Å². The summed E-state index contributed by atoms with van der Waals surface area (Å²) in [5, 5.41) is 9.94. The minimum atomic E-state index is -2.76. The maximum Gasteiger partial charge on any atom is 0.438 e. The molecule has 0 saturated carbocycles. The predicted molar refractivity (Wildman–Crippen MR) is 88.2 cm³/mol. The van der Waals surface area contributed by atoms with Crippen LogP contribution >= 0.6 is 0 Å². The fourth-order valence-electron chi connectivity index (χ4n) is 2.34. The first-order valence-electron chi connectivity index (χ1n) is 7.77. The Morgan fingerprint density at radius 2 is 2.00 bits per heavy atom. The van der Waals surface area contributed by atoms with Crippen molar-refractivity contribution < 1.29 is 32.6 Å². The van der Waals surface area contributed by atoms with Gasteiger partial charge in [-0.1, -0.05) is 19.1 Å². The molecule has 2 aromatic carbocycles. The molecule has 140 valence electrons. The summed E-state index contributed by atoms with van der Waals surface area (Å²) in [4.78, 5) is 11.5. The number of rotatable bonds is 6. The molecule has 1 N–H and O–H groups in total. The third-order valence-corrected chi connectivity index (χ3v) is 3.76. The number of benzene rings is 2. The van der Waals surface area contributed by atoms with Crippen molar-refractivity contribution in [3.63, 3.8) is 0 Å². The summed E-state index contributed by atoms with van der Waals surface area (Å²) in [6, 6.07) is 8.00. The third-order valence-electron chi connectivity index (χ3n) is 3.76. The lowest BCUT2D eigenvalue weighted by atomic mass is 10.1. The molecule has 5 nitrogen and oxygen atoms in total. The minimum Gasteiger partial charge on any atom is -0.488 e. The molecular formula is C18H18F3NO4. The highest BCUT2D eigenvalue weighted by Crippen LogP contribution is 2.32. The molecule has 0 fully saturated rings. The van der Waals surface area contributed by atoms with E-state index in [1.165, 1.54) is 24.3 Å². The van der Waals surface area contributed by atoms with Gasteiger partial charge >= 0.3 is 6.09 Å². The van der Waals surface area contributed by atoms with Gasteiger partial charge in [-0.25, -0.2) is 18.0 Å². The van der Waals surface area contributed by atoms with Crippen LogP contribution in [0, 0.1) is 5.82 Å². The number of aryl methyl sites for hydroxylation is 1. The second-order valence-corrected chi connectivity index (χ2v) is 5.33. The topological polar surface area (TPSA) is 59.0 Å². The zero-order valence-corrected chi connectivity index (χ0v) is 14.2. The molecule has 0 saturated heterocycles. The van der Waals surface area contributed by atoms with Gasteiger partial charge in [-0.2, -0.15) is 5.06 Å². The van der Waals surface area contributed by atoms with E-state index in [1.807, 2.05) is 6.92 Å². The molecule has 0 bridgehead atoms. The molecule has 8 heteroatoms. The number of anilines is 1. The summed E-state index contributed by atoms with van der Waals surface area (Å²) in [6.45, 7) is 1.36. The Hall–Kier alpha value is -2.74. The zero-order chi connectivity index (χ0) is 19.3. The number of hydrogen-bond acceptors (Lipinski definition) is 4. The number of ether oxygens (including phenoxy) is 2. The van der Waals surface area contributed by atoms with Crippen LogP contribution in [-0.2, 0) is 17.8 Å². The van der Waals surface area contributed by atoms with E-state index >= 15 is 0 Å². The monoisotopic (exact) mass is 369 g/mol. The normalized spacial score (nSPS) is 10.7. The first-order chi connectivity index (χ1) is 12.4. The Morgan fingerprint density at radius 3 is 2.62 bits per heavy atom. The van der Waals surface area contributed by atoms with Crippen LogP contribution in [0.4, 0.5) is 23.7 Å². The molecule has 1 amide bonds. The number of carbonyl (C=O) groups excluding carboxylic acids is 1. The van der Waals surface area contributed by atoms with E-state index in [0.717, 1.165) is 13.2 Å². The van der Waals surface area contributed by atoms with Crippen molar-refractivity contribution in [2.45, 2.75) is 26.4 Å². The van der Waals surface area contributed by atoms with Crippen molar-refractivity contribution in [1.29, 1.82) is 0 Å². The van der Waals surface area contributed by atoms with Crippen molar-refractivity contribution in [3.05, 3.63) is 58.9 Å². The van der Waals surface area contributed by atoms with Crippen LogP contribution in [0.5, 0.6) is 5.75 Å². The van der Waals surface area contributed by atoms with E-state index in [2.05, 4.69) is 4.74 Å². The Kier molecular flexibility index (Phi) is 6.46. The fourth-order valence-corrected chi connectivity index (χ4v) is 2.34. The highest BCUT2D eigenvalue weighted by atomic mass is 19.3. The lowest BCUT2D eigenvalue weighted by Gasteiger charge is -2.19. The van der Waals surface area contributed by atoms with Crippen molar-refractivity contribution in [3.8, 4) is 5.75 Å². The van der Waals surface area contributed by atoms with Gasteiger partial charge < -0.3 is 9.47 Å². The summed E-state index contributed by atoms with van der Waals surface area (Å²) in [5.41, 5.74) is 0.0170. The summed E-state index contributed by atoms with van der Waals surface area (Å²) in [5.74, 6) is -0.872. The van der Waals surface area contributed by atoms with E-state index in [9.17, 15) is 23.2 Å². The largest absolute Gasteiger partial charge is 0.488 e. The van der Waals surface area contributed by atoms with Gasteiger partial charge in [0.1, 0.15) is 18.2 Å². The predicted octanol–water partition coefficient (Wildman–Crippen LogP) is 4.87. The van der Waals surface area contributed by atoms with E-state index in [0.29, 0.717) is 12.0 Å². The van der Waals surface area contributed by atoms with E-state index in [-0.39, 0.29) is 27.6 Å². The Morgan fingerprint density at radius 1 is 1.27 bits per heavy atom. The van der Waals surface area contributed by atoms with Gasteiger partial charge in [0.25, 0.3) is 6.43 Å². The second kappa shape index (κ2) is 8.57. The minimum absolute atomic E-state index is 0.103. The third kappa shape index (κ3) is 4.26. The molecule has 26 heavy (non-hydrogen) atoms. The molecule has 0 aliphatic rings. The zero-order valence-electron chi connectivity index (χ0n) is 14.2. The summed E-state index contributed by atoms with van der Waals surface area (Å²) < 4.78 is 50.4. The fraction of sp³-hybridized carbons (Fsp3) is 0.278. The summed E-state index contributed by atoms with van der Waals surface area (Å²) in [6.07, 6.45) is -3.31. The quantitative estimate of drug-likeness (QED) is 0.583. The lowest BCUT2D eigenvalue weighted by molar-refractivity contribution is 0.140. The van der Waals surface area contributed by atoms with Gasteiger partial charge in [-0.15, -0.1) is 0 Å². The van der Waals surface area contributed by atoms with Gasteiger partial charge in [0.05, 0.1) is 23.9 Å². The number of methoxy groups -OCH3 is 1. The van der Waals surface area contributed by atoms with E-state index in [4.69, 9.17) is 4.74 Å². The number of nitrogens with zero attached hydrogens (tertiary/aromatic N) is 1. The van der Waals surface area contributed by atoms with Gasteiger partial charge in [0.15, 0.2) is 0 Å². The van der Waals surface area contributed by atoms with Gasteiger partial charge in [-0.3, -0.25) is 5.21 Å². The van der Waals surface area contributed by atoms with Gasteiger partial charge in [0, 0.05) is 0 Å². The molecule has 0 atom stereocenters.